The summed E-state index contributed by atoms with van der Waals surface area (Å²) in [5, 5.41) is 3.42. The second-order valence-electron chi connectivity index (χ2n) is 6.98. The predicted molar refractivity (Wildman–Crippen MR) is 103 cm³/mol. The van der Waals surface area contributed by atoms with Crippen molar-refractivity contribution < 1.29 is 0 Å². The van der Waals surface area contributed by atoms with Crippen LogP contribution < -0.4 is 11.1 Å². The maximum atomic E-state index is 5.81. The number of para-hydroxylation sites is 1. The van der Waals surface area contributed by atoms with E-state index in [1.54, 1.807) is 6.20 Å². The topological polar surface area (TPSA) is 76.2 Å². The van der Waals surface area contributed by atoms with Crippen molar-refractivity contribution in [1.29, 1.82) is 0 Å². The van der Waals surface area contributed by atoms with Gasteiger partial charge in [-0.15, -0.1) is 0 Å². The lowest BCUT2D eigenvalue weighted by Gasteiger charge is -2.23. The first-order valence-corrected chi connectivity index (χ1v) is 9.27. The standard InChI is InChI=1S/C20H25N5/c21-11-15(12-23-16-3-1-4-16)19-13-24-20-17(5-2-6-18(20)25-19)14-7-9-22-10-8-14/h2,5-6,11-14,16,22H,1,3-4,7-10,21H2. The number of hydrogen-bond acceptors (Lipinski definition) is 5. The molecule has 1 aliphatic heterocycles. The van der Waals surface area contributed by atoms with Crippen LogP contribution in [-0.2, 0) is 0 Å². The van der Waals surface area contributed by atoms with E-state index >= 15 is 0 Å². The Bertz CT molecular complexity index is 801. The van der Waals surface area contributed by atoms with E-state index in [1.165, 1.54) is 24.8 Å². The SMILES string of the molecule is NC=C(C=NC1CCC1)c1cnc2c(C3CCNCC3)cccc2n1. The summed E-state index contributed by atoms with van der Waals surface area (Å²) in [5.41, 5.74) is 10.7. The van der Waals surface area contributed by atoms with Crippen LogP contribution in [0.25, 0.3) is 16.6 Å². The summed E-state index contributed by atoms with van der Waals surface area (Å²) < 4.78 is 0. The van der Waals surface area contributed by atoms with E-state index in [0.717, 1.165) is 48.2 Å². The number of rotatable bonds is 4. The number of aliphatic imine (C=N–C) groups is 1. The first-order chi connectivity index (χ1) is 12.3. The van der Waals surface area contributed by atoms with Crippen LogP contribution in [-0.4, -0.2) is 35.3 Å². The summed E-state index contributed by atoms with van der Waals surface area (Å²) in [6.45, 7) is 2.15. The molecule has 3 N–H and O–H groups in total. The maximum Gasteiger partial charge on any atom is 0.0922 e. The Morgan fingerprint density at radius 2 is 2.04 bits per heavy atom. The fraction of sp³-hybridized carbons (Fsp3) is 0.450. The van der Waals surface area contributed by atoms with Crippen molar-refractivity contribution in [3.63, 3.8) is 0 Å². The predicted octanol–water partition coefficient (Wildman–Crippen LogP) is 3.02. The number of aromatic nitrogens is 2. The first-order valence-electron chi connectivity index (χ1n) is 9.27. The minimum Gasteiger partial charge on any atom is -0.404 e. The number of fused-ring (bicyclic) bond motifs is 1. The molecule has 0 radical (unpaired) electrons. The quantitative estimate of drug-likeness (QED) is 0.842. The Morgan fingerprint density at radius 3 is 2.76 bits per heavy atom. The summed E-state index contributed by atoms with van der Waals surface area (Å²) in [5.74, 6) is 0.565. The lowest BCUT2D eigenvalue weighted by Crippen LogP contribution is -2.26. The van der Waals surface area contributed by atoms with Crippen molar-refractivity contribution in [3.8, 4) is 0 Å². The lowest BCUT2D eigenvalue weighted by molar-refractivity contribution is 0.421. The summed E-state index contributed by atoms with van der Waals surface area (Å²) in [7, 11) is 0. The van der Waals surface area contributed by atoms with Gasteiger partial charge in [0.2, 0.25) is 0 Å². The van der Waals surface area contributed by atoms with Crippen molar-refractivity contribution in [2.24, 2.45) is 10.7 Å². The average molecular weight is 335 g/mol. The number of nitrogens with two attached hydrogens (primary N) is 1. The minimum atomic E-state index is 0.454. The van der Waals surface area contributed by atoms with E-state index in [0.29, 0.717) is 12.0 Å². The maximum absolute atomic E-state index is 5.81. The van der Waals surface area contributed by atoms with Gasteiger partial charge in [-0.3, -0.25) is 9.98 Å². The minimum absolute atomic E-state index is 0.454. The highest BCUT2D eigenvalue weighted by atomic mass is 14.9. The third-order valence-electron chi connectivity index (χ3n) is 5.36. The fourth-order valence-corrected chi connectivity index (χ4v) is 3.58. The molecule has 0 unspecified atom stereocenters. The molecule has 1 aromatic heterocycles. The van der Waals surface area contributed by atoms with Gasteiger partial charge in [0.25, 0.3) is 0 Å². The summed E-state index contributed by atoms with van der Waals surface area (Å²) in [6, 6.07) is 6.78. The molecule has 25 heavy (non-hydrogen) atoms. The van der Waals surface area contributed by atoms with E-state index in [2.05, 4.69) is 22.4 Å². The van der Waals surface area contributed by atoms with E-state index in [9.17, 15) is 0 Å². The third kappa shape index (κ3) is 3.42. The van der Waals surface area contributed by atoms with Gasteiger partial charge < -0.3 is 11.1 Å². The number of benzene rings is 1. The van der Waals surface area contributed by atoms with Gasteiger partial charge in [-0.05, 0) is 62.7 Å². The monoisotopic (exact) mass is 335 g/mol. The number of nitrogens with one attached hydrogen (secondary N) is 1. The Labute approximate surface area is 148 Å². The van der Waals surface area contributed by atoms with Crippen LogP contribution >= 0.6 is 0 Å². The van der Waals surface area contributed by atoms with Crippen LogP contribution in [0.5, 0.6) is 0 Å². The molecule has 0 atom stereocenters. The average Bonchev–Trinajstić information content (AvgIpc) is 2.63. The number of allylic oxidation sites excluding steroid dienone is 1. The highest BCUT2D eigenvalue weighted by molar-refractivity contribution is 6.09. The Kier molecular flexibility index (Phi) is 4.74. The van der Waals surface area contributed by atoms with Gasteiger partial charge in [-0.2, -0.15) is 0 Å². The van der Waals surface area contributed by atoms with E-state index in [-0.39, 0.29) is 0 Å². The molecule has 5 heteroatoms. The second kappa shape index (κ2) is 7.31. The van der Waals surface area contributed by atoms with Crippen LogP contribution in [0, 0.1) is 0 Å². The van der Waals surface area contributed by atoms with Gasteiger partial charge in [-0.25, -0.2) is 4.98 Å². The van der Waals surface area contributed by atoms with Crippen molar-refractivity contribution in [1.82, 2.24) is 15.3 Å². The van der Waals surface area contributed by atoms with Gasteiger partial charge in [0.15, 0.2) is 0 Å². The third-order valence-corrected chi connectivity index (χ3v) is 5.36. The fourth-order valence-electron chi connectivity index (χ4n) is 3.58. The van der Waals surface area contributed by atoms with E-state index < -0.39 is 0 Å². The molecule has 2 heterocycles. The molecule has 0 bridgehead atoms. The van der Waals surface area contributed by atoms with Crippen LogP contribution in [0.4, 0.5) is 0 Å². The highest BCUT2D eigenvalue weighted by Gasteiger charge is 2.19. The highest BCUT2D eigenvalue weighted by Crippen LogP contribution is 2.30. The van der Waals surface area contributed by atoms with Gasteiger partial charge in [0.05, 0.1) is 22.9 Å². The van der Waals surface area contributed by atoms with Gasteiger partial charge in [0, 0.05) is 24.0 Å². The molecule has 1 saturated heterocycles. The molecule has 0 amide bonds. The first kappa shape index (κ1) is 16.2. The molecule has 4 rings (SSSR count). The molecule has 5 nitrogen and oxygen atoms in total. The molecule has 1 saturated carbocycles. The van der Waals surface area contributed by atoms with Crippen LogP contribution in [0.2, 0.25) is 0 Å². The molecular formula is C20H25N5. The molecule has 0 spiro atoms. The molecule has 2 aliphatic rings. The van der Waals surface area contributed by atoms with Crippen molar-refractivity contribution in [2.75, 3.05) is 13.1 Å². The molecule has 1 aliphatic carbocycles. The van der Waals surface area contributed by atoms with Crippen LogP contribution in [0.3, 0.4) is 0 Å². The molecule has 2 fully saturated rings. The number of nitrogens with zero attached hydrogens (tertiary/aromatic N) is 3. The normalized spacial score (nSPS) is 20.2. The van der Waals surface area contributed by atoms with E-state index in [1.807, 2.05) is 18.5 Å². The number of hydrogen-bond donors (Lipinski definition) is 2. The largest absolute Gasteiger partial charge is 0.404 e. The molecule has 130 valence electrons. The lowest BCUT2D eigenvalue weighted by atomic mass is 9.89. The zero-order valence-electron chi connectivity index (χ0n) is 14.5. The summed E-state index contributed by atoms with van der Waals surface area (Å²) >= 11 is 0. The van der Waals surface area contributed by atoms with Gasteiger partial charge in [-0.1, -0.05) is 12.1 Å². The zero-order chi connectivity index (χ0) is 17.1. The summed E-state index contributed by atoms with van der Waals surface area (Å²) in [6.07, 6.45) is 11.2. The molecule has 1 aromatic carbocycles. The Hall–Kier alpha value is -2.27. The smallest absolute Gasteiger partial charge is 0.0922 e. The van der Waals surface area contributed by atoms with Crippen molar-refractivity contribution in [3.05, 3.63) is 41.9 Å². The zero-order valence-corrected chi connectivity index (χ0v) is 14.5. The van der Waals surface area contributed by atoms with Crippen LogP contribution in [0.15, 0.2) is 35.6 Å². The Morgan fingerprint density at radius 1 is 1.20 bits per heavy atom. The summed E-state index contributed by atoms with van der Waals surface area (Å²) in [4.78, 5) is 14.2. The second-order valence-corrected chi connectivity index (χ2v) is 6.98. The Balaban J connectivity index is 1.64. The molecular weight excluding hydrogens is 310 g/mol. The number of piperidine rings is 1. The van der Waals surface area contributed by atoms with E-state index in [4.69, 9.17) is 15.7 Å². The van der Waals surface area contributed by atoms with Gasteiger partial charge >= 0.3 is 0 Å². The van der Waals surface area contributed by atoms with Crippen molar-refractivity contribution in [2.45, 2.75) is 44.1 Å². The van der Waals surface area contributed by atoms with Crippen molar-refractivity contribution >= 4 is 22.8 Å². The van der Waals surface area contributed by atoms with Crippen LogP contribution in [0.1, 0.15) is 49.3 Å². The molecule has 2 aromatic rings. The van der Waals surface area contributed by atoms with Gasteiger partial charge in [0.1, 0.15) is 0 Å².